The minimum absolute atomic E-state index is 0.209. The summed E-state index contributed by atoms with van der Waals surface area (Å²) in [6.07, 6.45) is 5.83. The summed E-state index contributed by atoms with van der Waals surface area (Å²) in [5.41, 5.74) is 1.02. The zero-order valence-electron chi connectivity index (χ0n) is 8.41. The maximum atomic E-state index is 5.47. The van der Waals surface area contributed by atoms with E-state index in [-0.39, 0.29) is 5.60 Å². The molecule has 14 heavy (non-hydrogen) atoms. The Morgan fingerprint density at radius 1 is 1.00 bits per heavy atom. The van der Waals surface area contributed by atoms with Crippen LogP contribution in [0.3, 0.4) is 0 Å². The van der Waals surface area contributed by atoms with Crippen molar-refractivity contribution >= 4 is 0 Å². The fourth-order valence-corrected chi connectivity index (χ4v) is 2.34. The maximum Gasteiger partial charge on any atom is 0.114 e. The van der Waals surface area contributed by atoms with E-state index in [9.17, 15) is 0 Å². The molecule has 1 aliphatic carbocycles. The van der Waals surface area contributed by atoms with Crippen LogP contribution in [0.5, 0.6) is 0 Å². The fraction of sp³-hybridized carbons (Fsp3) is 0.500. The molecule has 0 radical (unpaired) electrons. The molecule has 76 valence electrons. The Morgan fingerprint density at radius 2 is 1.64 bits per heavy atom. The van der Waals surface area contributed by atoms with Gasteiger partial charge < -0.3 is 0 Å². The van der Waals surface area contributed by atoms with E-state index in [1.807, 2.05) is 18.2 Å². The van der Waals surface area contributed by atoms with Gasteiger partial charge in [0.05, 0.1) is 0 Å². The molecule has 0 heterocycles. The van der Waals surface area contributed by atoms with Crippen molar-refractivity contribution in [3.8, 4) is 0 Å². The highest BCUT2D eigenvalue weighted by molar-refractivity contribution is 5.23. The molecule has 2 N–H and O–H groups in total. The first-order valence-corrected chi connectivity index (χ1v) is 5.31. The lowest BCUT2D eigenvalue weighted by atomic mass is 9.80. The molecule has 1 aliphatic rings. The van der Waals surface area contributed by atoms with Crippen LogP contribution in [0, 0.1) is 0 Å². The molecular weight excluding hydrogens is 174 g/mol. The maximum absolute atomic E-state index is 5.47. The fourth-order valence-electron chi connectivity index (χ4n) is 2.34. The van der Waals surface area contributed by atoms with Crippen LogP contribution in [0.4, 0.5) is 0 Å². The molecule has 2 heteroatoms. The molecule has 2 nitrogen and oxygen atoms in total. The molecule has 1 fully saturated rings. The summed E-state index contributed by atoms with van der Waals surface area (Å²) in [4.78, 5) is 5.26. The number of hydrogen-bond donors (Lipinski definition) is 1. The highest BCUT2D eigenvalue weighted by atomic mass is 16.6. The van der Waals surface area contributed by atoms with Gasteiger partial charge in [-0.1, -0.05) is 49.6 Å². The standard InChI is InChI=1S/C12H17NO/c13-14-12(9-5-2-6-10-12)11-7-3-1-4-8-11/h1,3-4,7-8H,2,5-6,9-10,13H2. The zero-order chi connectivity index (χ0) is 9.86. The Hall–Kier alpha value is -0.860. The van der Waals surface area contributed by atoms with E-state index in [0.29, 0.717) is 0 Å². The molecule has 0 bridgehead atoms. The smallest absolute Gasteiger partial charge is 0.114 e. The summed E-state index contributed by atoms with van der Waals surface area (Å²) in [7, 11) is 0. The molecule has 1 aromatic rings. The normalized spacial score (nSPS) is 20.6. The highest BCUT2D eigenvalue weighted by Gasteiger charge is 2.34. The molecule has 0 atom stereocenters. The third-order valence-electron chi connectivity index (χ3n) is 3.19. The first-order valence-electron chi connectivity index (χ1n) is 5.31. The second-order valence-electron chi connectivity index (χ2n) is 4.04. The molecule has 0 amide bonds. The Kier molecular flexibility index (Phi) is 2.85. The van der Waals surface area contributed by atoms with Crippen LogP contribution < -0.4 is 5.90 Å². The van der Waals surface area contributed by atoms with Crippen molar-refractivity contribution in [3.63, 3.8) is 0 Å². The average molecular weight is 191 g/mol. The van der Waals surface area contributed by atoms with Crippen molar-refractivity contribution < 1.29 is 4.84 Å². The van der Waals surface area contributed by atoms with Crippen LogP contribution in [0.25, 0.3) is 0 Å². The van der Waals surface area contributed by atoms with Gasteiger partial charge in [-0.2, -0.15) is 0 Å². The largest absolute Gasteiger partial charge is 0.293 e. The molecule has 0 unspecified atom stereocenters. The van der Waals surface area contributed by atoms with Crippen molar-refractivity contribution in [1.29, 1.82) is 0 Å². The summed E-state index contributed by atoms with van der Waals surface area (Å²) in [6.45, 7) is 0. The van der Waals surface area contributed by atoms with Gasteiger partial charge in [0.1, 0.15) is 5.60 Å². The Bertz CT molecular complexity index is 278. The third kappa shape index (κ3) is 1.68. The van der Waals surface area contributed by atoms with E-state index in [1.54, 1.807) is 0 Å². The molecule has 1 aromatic carbocycles. The Balaban J connectivity index is 2.27. The highest BCUT2D eigenvalue weighted by Crippen LogP contribution is 2.39. The van der Waals surface area contributed by atoms with Crippen molar-refractivity contribution in [2.24, 2.45) is 5.90 Å². The van der Waals surface area contributed by atoms with Crippen molar-refractivity contribution in [1.82, 2.24) is 0 Å². The monoisotopic (exact) mass is 191 g/mol. The van der Waals surface area contributed by atoms with E-state index >= 15 is 0 Å². The van der Waals surface area contributed by atoms with Crippen molar-refractivity contribution in [3.05, 3.63) is 35.9 Å². The van der Waals surface area contributed by atoms with Crippen molar-refractivity contribution in [2.45, 2.75) is 37.7 Å². The summed E-state index contributed by atoms with van der Waals surface area (Å²) in [6, 6.07) is 10.3. The summed E-state index contributed by atoms with van der Waals surface area (Å²) >= 11 is 0. The van der Waals surface area contributed by atoms with Gasteiger partial charge >= 0.3 is 0 Å². The van der Waals surface area contributed by atoms with E-state index in [2.05, 4.69) is 12.1 Å². The van der Waals surface area contributed by atoms with Crippen molar-refractivity contribution in [2.75, 3.05) is 0 Å². The predicted octanol–water partition coefficient (Wildman–Crippen LogP) is 2.74. The van der Waals surface area contributed by atoms with E-state index in [0.717, 1.165) is 12.8 Å². The van der Waals surface area contributed by atoms with Gasteiger partial charge in [0.2, 0.25) is 0 Å². The zero-order valence-corrected chi connectivity index (χ0v) is 8.41. The van der Waals surface area contributed by atoms with Crippen LogP contribution in [0.1, 0.15) is 37.7 Å². The molecule has 0 saturated heterocycles. The SMILES string of the molecule is NOC1(c2ccccc2)CCCCC1. The van der Waals surface area contributed by atoms with Crippen LogP contribution in [-0.2, 0) is 10.4 Å². The minimum atomic E-state index is -0.209. The Labute approximate surface area is 85.0 Å². The lowest BCUT2D eigenvalue weighted by Crippen LogP contribution is -2.34. The first kappa shape index (κ1) is 9.69. The summed E-state index contributed by atoms with van der Waals surface area (Å²) in [5.74, 6) is 5.47. The predicted molar refractivity (Wildman–Crippen MR) is 56.5 cm³/mol. The van der Waals surface area contributed by atoms with E-state index in [4.69, 9.17) is 10.7 Å². The van der Waals surface area contributed by atoms with Gasteiger partial charge in [0.25, 0.3) is 0 Å². The van der Waals surface area contributed by atoms with Gasteiger partial charge in [-0.25, -0.2) is 5.90 Å². The van der Waals surface area contributed by atoms with Crippen LogP contribution in [0.2, 0.25) is 0 Å². The molecule has 1 saturated carbocycles. The topological polar surface area (TPSA) is 35.2 Å². The van der Waals surface area contributed by atoms with Crippen LogP contribution in [-0.4, -0.2) is 0 Å². The molecule has 0 aromatic heterocycles. The second-order valence-corrected chi connectivity index (χ2v) is 4.04. The average Bonchev–Trinajstić information content (AvgIpc) is 2.31. The number of nitrogens with two attached hydrogens (primary N) is 1. The van der Waals surface area contributed by atoms with E-state index < -0.39 is 0 Å². The van der Waals surface area contributed by atoms with Gasteiger partial charge in [0, 0.05) is 0 Å². The lowest BCUT2D eigenvalue weighted by Gasteiger charge is -2.35. The molecule has 0 spiro atoms. The van der Waals surface area contributed by atoms with E-state index in [1.165, 1.54) is 24.8 Å². The second kappa shape index (κ2) is 4.11. The lowest BCUT2D eigenvalue weighted by molar-refractivity contribution is -0.0788. The van der Waals surface area contributed by atoms with Gasteiger partial charge in [-0.15, -0.1) is 0 Å². The van der Waals surface area contributed by atoms with Gasteiger partial charge in [-0.05, 0) is 18.4 Å². The number of benzene rings is 1. The number of hydrogen-bond acceptors (Lipinski definition) is 2. The summed E-state index contributed by atoms with van der Waals surface area (Å²) < 4.78 is 0. The van der Waals surface area contributed by atoms with Gasteiger partial charge in [-0.3, -0.25) is 4.84 Å². The molecule has 2 rings (SSSR count). The third-order valence-corrected chi connectivity index (χ3v) is 3.19. The quantitative estimate of drug-likeness (QED) is 0.729. The van der Waals surface area contributed by atoms with Crippen LogP contribution in [0.15, 0.2) is 30.3 Å². The Morgan fingerprint density at radius 3 is 2.21 bits per heavy atom. The van der Waals surface area contributed by atoms with Gasteiger partial charge in [0.15, 0.2) is 0 Å². The van der Waals surface area contributed by atoms with Crippen LogP contribution >= 0.6 is 0 Å². The molecule has 0 aliphatic heterocycles. The number of rotatable bonds is 2. The first-order chi connectivity index (χ1) is 6.87. The minimum Gasteiger partial charge on any atom is -0.293 e. The summed E-state index contributed by atoms with van der Waals surface area (Å²) in [5, 5.41) is 0. The molecular formula is C12H17NO.